The highest BCUT2D eigenvalue weighted by Crippen LogP contribution is 2.34. The molecule has 128 valence electrons. The smallest absolute Gasteiger partial charge is 0.123 e. The Bertz CT molecular complexity index is 720. The summed E-state index contributed by atoms with van der Waals surface area (Å²) in [7, 11) is 0. The molecule has 1 aliphatic heterocycles. The Balaban J connectivity index is 1.52. The number of rotatable bonds is 6. The lowest BCUT2D eigenvalue weighted by Crippen LogP contribution is -2.47. The molecule has 1 fully saturated rings. The van der Waals surface area contributed by atoms with Gasteiger partial charge in [-0.3, -0.25) is 0 Å². The highest BCUT2D eigenvalue weighted by atomic mass is 32.2. The summed E-state index contributed by atoms with van der Waals surface area (Å²) in [6.45, 7) is 1.49. The Hall–Kier alpha value is -1.37. The Kier molecular flexibility index (Phi) is 4.37. The van der Waals surface area contributed by atoms with Gasteiger partial charge in [0.15, 0.2) is 0 Å². The van der Waals surface area contributed by atoms with Crippen LogP contribution in [0, 0.1) is 11.2 Å². The molecule has 2 heterocycles. The quantitative estimate of drug-likeness (QED) is 0.872. The second-order valence-electron chi connectivity index (χ2n) is 6.76. The zero-order valence-electron chi connectivity index (χ0n) is 13.5. The molecule has 1 aromatic heterocycles. The minimum atomic E-state index is -0.227. The Morgan fingerprint density at radius 2 is 2.04 bits per heavy atom. The summed E-state index contributed by atoms with van der Waals surface area (Å²) in [5.41, 5.74) is 4.61. The van der Waals surface area contributed by atoms with Crippen LogP contribution in [0.4, 0.5) is 4.39 Å². The summed E-state index contributed by atoms with van der Waals surface area (Å²) >= 11 is 1.81. The SMILES string of the molecule is OCC1(CSCc2nn(-c3ccc(F)cc3)c3c2CCC3)COC1. The van der Waals surface area contributed by atoms with E-state index >= 15 is 0 Å². The number of halogens is 1. The van der Waals surface area contributed by atoms with Gasteiger partial charge >= 0.3 is 0 Å². The summed E-state index contributed by atoms with van der Waals surface area (Å²) in [5, 5.41) is 14.3. The number of thioether (sulfide) groups is 1. The van der Waals surface area contributed by atoms with Gasteiger partial charge in [-0.05, 0) is 49.1 Å². The minimum Gasteiger partial charge on any atom is -0.396 e. The van der Waals surface area contributed by atoms with Gasteiger partial charge in [-0.2, -0.15) is 16.9 Å². The minimum absolute atomic E-state index is 0.0621. The van der Waals surface area contributed by atoms with Crippen LogP contribution in [0.15, 0.2) is 24.3 Å². The Morgan fingerprint density at radius 3 is 2.71 bits per heavy atom. The molecule has 6 heteroatoms. The fourth-order valence-electron chi connectivity index (χ4n) is 3.40. The first-order valence-electron chi connectivity index (χ1n) is 8.33. The van der Waals surface area contributed by atoms with E-state index in [1.54, 1.807) is 12.1 Å². The lowest BCUT2D eigenvalue weighted by Gasteiger charge is -2.39. The van der Waals surface area contributed by atoms with Crippen LogP contribution >= 0.6 is 11.8 Å². The summed E-state index contributed by atoms with van der Waals surface area (Å²) in [4.78, 5) is 0. The van der Waals surface area contributed by atoms with E-state index in [0.717, 1.165) is 42.1 Å². The van der Waals surface area contributed by atoms with Crippen LogP contribution in [0.2, 0.25) is 0 Å². The lowest BCUT2D eigenvalue weighted by atomic mass is 9.90. The van der Waals surface area contributed by atoms with E-state index in [1.165, 1.54) is 23.4 Å². The molecule has 4 nitrogen and oxygen atoms in total. The van der Waals surface area contributed by atoms with E-state index in [0.29, 0.717) is 13.2 Å². The van der Waals surface area contributed by atoms with Crippen molar-refractivity contribution in [2.75, 3.05) is 25.6 Å². The first-order chi connectivity index (χ1) is 11.7. The van der Waals surface area contributed by atoms with Gasteiger partial charge < -0.3 is 9.84 Å². The molecule has 1 N–H and O–H groups in total. The van der Waals surface area contributed by atoms with Crippen LogP contribution in [-0.4, -0.2) is 40.5 Å². The fourth-order valence-corrected chi connectivity index (χ4v) is 4.62. The molecule has 4 rings (SSSR count). The van der Waals surface area contributed by atoms with Gasteiger partial charge in [0.25, 0.3) is 0 Å². The summed E-state index contributed by atoms with van der Waals surface area (Å²) in [5.74, 6) is 1.51. The van der Waals surface area contributed by atoms with Crippen LogP contribution in [-0.2, 0) is 23.3 Å². The van der Waals surface area contributed by atoms with Gasteiger partial charge in [-0.1, -0.05) is 0 Å². The second-order valence-corrected chi connectivity index (χ2v) is 7.74. The maximum absolute atomic E-state index is 13.2. The summed E-state index contributed by atoms with van der Waals surface area (Å²) in [6.07, 6.45) is 3.25. The van der Waals surface area contributed by atoms with Crippen molar-refractivity contribution in [3.8, 4) is 5.69 Å². The monoisotopic (exact) mass is 348 g/mol. The number of ether oxygens (including phenoxy) is 1. The van der Waals surface area contributed by atoms with Gasteiger partial charge in [-0.15, -0.1) is 0 Å². The molecule has 0 bridgehead atoms. The number of aliphatic hydroxyl groups is 1. The number of hydrogen-bond acceptors (Lipinski definition) is 4. The maximum Gasteiger partial charge on any atom is 0.123 e. The fraction of sp³-hybridized carbons (Fsp3) is 0.500. The molecule has 1 aliphatic carbocycles. The van der Waals surface area contributed by atoms with E-state index in [1.807, 2.05) is 16.4 Å². The number of fused-ring (bicyclic) bond motifs is 1. The third kappa shape index (κ3) is 2.87. The summed E-state index contributed by atoms with van der Waals surface area (Å²) in [6, 6.07) is 6.53. The zero-order chi connectivity index (χ0) is 16.6. The highest BCUT2D eigenvalue weighted by Gasteiger charge is 2.38. The number of benzene rings is 1. The zero-order valence-corrected chi connectivity index (χ0v) is 14.3. The average Bonchev–Trinajstić information content (AvgIpc) is 3.14. The number of aromatic nitrogens is 2. The van der Waals surface area contributed by atoms with Crippen molar-refractivity contribution in [2.45, 2.75) is 25.0 Å². The van der Waals surface area contributed by atoms with Crippen LogP contribution < -0.4 is 0 Å². The molecular weight excluding hydrogens is 327 g/mol. The topological polar surface area (TPSA) is 47.3 Å². The Morgan fingerprint density at radius 1 is 1.25 bits per heavy atom. The number of hydrogen-bond donors (Lipinski definition) is 1. The van der Waals surface area contributed by atoms with Crippen molar-refractivity contribution in [1.29, 1.82) is 0 Å². The maximum atomic E-state index is 13.2. The van der Waals surface area contributed by atoms with Gasteiger partial charge in [0.1, 0.15) is 5.82 Å². The van der Waals surface area contributed by atoms with Crippen LogP contribution in [0.3, 0.4) is 0 Å². The largest absolute Gasteiger partial charge is 0.396 e. The predicted molar refractivity (Wildman–Crippen MR) is 92.0 cm³/mol. The van der Waals surface area contributed by atoms with Gasteiger partial charge in [-0.25, -0.2) is 9.07 Å². The molecule has 1 aromatic carbocycles. The molecule has 0 radical (unpaired) electrons. The molecule has 0 saturated carbocycles. The second kappa shape index (κ2) is 6.50. The van der Waals surface area contributed by atoms with Crippen molar-refractivity contribution < 1.29 is 14.2 Å². The van der Waals surface area contributed by atoms with E-state index in [-0.39, 0.29) is 17.8 Å². The van der Waals surface area contributed by atoms with Crippen molar-refractivity contribution in [2.24, 2.45) is 5.41 Å². The van der Waals surface area contributed by atoms with E-state index in [2.05, 4.69) is 0 Å². The average molecular weight is 348 g/mol. The molecule has 1 saturated heterocycles. The first-order valence-corrected chi connectivity index (χ1v) is 9.48. The van der Waals surface area contributed by atoms with Crippen molar-refractivity contribution in [3.05, 3.63) is 47.0 Å². The standard InChI is InChI=1S/C18H21FN2O2S/c19-13-4-6-14(7-5-13)21-17-3-1-2-15(17)16(20-21)8-24-12-18(9-22)10-23-11-18/h4-7,22H,1-3,8-12H2. The third-order valence-electron chi connectivity index (χ3n) is 4.88. The first kappa shape index (κ1) is 16.1. The number of nitrogens with zero attached hydrogens (tertiary/aromatic N) is 2. The lowest BCUT2D eigenvalue weighted by molar-refractivity contribution is -0.121. The van der Waals surface area contributed by atoms with Crippen molar-refractivity contribution >= 4 is 11.8 Å². The normalized spacial score (nSPS) is 18.4. The van der Waals surface area contributed by atoms with Crippen LogP contribution in [0.5, 0.6) is 0 Å². The van der Waals surface area contributed by atoms with E-state index in [4.69, 9.17) is 9.84 Å². The molecular formula is C18H21FN2O2S. The third-order valence-corrected chi connectivity index (χ3v) is 6.18. The van der Waals surface area contributed by atoms with Gasteiger partial charge in [0.2, 0.25) is 0 Å². The van der Waals surface area contributed by atoms with Gasteiger partial charge in [0, 0.05) is 22.6 Å². The van der Waals surface area contributed by atoms with Crippen LogP contribution in [0.1, 0.15) is 23.4 Å². The predicted octanol–water partition coefficient (Wildman–Crippen LogP) is 2.74. The molecule has 0 unspecified atom stereocenters. The number of aliphatic hydroxyl groups excluding tert-OH is 1. The summed E-state index contributed by atoms with van der Waals surface area (Å²) < 4.78 is 20.4. The van der Waals surface area contributed by atoms with Gasteiger partial charge in [0.05, 0.1) is 31.2 Å². The molecule has 2 aromatic rings. The molecule has 2 aliphatic rings. The molecule has 0 amide bonds. The van der Waals surface area contributed by atoms with Crippen LogP contribution in [0.25, 0.3) is 5.69 Å². The van der Waals surface area contributed by atoms with E-state index in [9.17, 15) is 9.50 Å². The molecule has 24 heavy (non-hydrogen) atoms. The van der Waals surface area contributed by atoms with Crippen molar-refractivity contribution in [1.82, 2.24) is 9.78 Å². The Labute approximate surface area is 145 Å². The highest BCUT2D eigenvalue weighted by molar-refractivity contribution is 7.98. The van der Waals surface area contributed by atoms with Crippen molar-refractivity contribution in [3.63, 3.8) is 0 Å². The molecule has 0 atom stereocenters. The van der Waals surface area contributed by atoms with E-state index < -0.39 is 0 Å². The molecule has 0 spiro atoms.